The van der Waals surface area contributed by atoms with Crippen molar-refractivity contribution in [3.8, 4) is 0 Å². The minimum atomic E-state index is -0.434. The van der Waals surface area contributed by atoms with E-state index in [0.717, 1.165) is 0 Å². The summed E-state index contributed by atoms with van der Waals surface area (Å²) in [5, 5.41) is 2.67. The summed E-state index contributed by atoms with van der Waals surface area (Å²) in [6, 6.07) is 6.28. The molecule has 25 heavy (non-hydrogen) atoms. The van der Waals surface area contributed by atoms with Gasteiger partial charge in [0.25, 0.3) is 5.91 Å². The standard InChI is InChI=1S/C18H23N3O4/c1-11-9-20(10-12(2)25-11)16-8-17(23)21(18(16)24)15-6-4-14(5-7-15)19-13(3)22/h4-7,11-12,16H,8-10H2,1-3H3,(H,19,22)/t11-,12-,16-/m0/s1. The number of morpholine rings is 1. The van der Waals surface area contributed by atoms with Crippen molar-refractivity contribution in [3.63, 3.8) is 0 Å². The first-order valence-electron chi connectivity index (χ1n) is 8.49. The first kappa shape index (κ1) is 17.6. The van der Waals surface area contributed by atoms with Crippen molar-refractivity contribution < 1.29 is 19.1 Å². The second-order valence-corrected chi connectivity index (χ2v) is 6.73. The molecule has 2 fully saturated rings. The molecule has 2 aliphatic rings. The SMILES string of the molecule is CC(=O)Nc1ccc(N2C(=O)C[C@H](N3C[C@H](C)O[C@@H](C)C3)C2=O)cc1. The van der Waals surface area contributed by atoms with Crippen LogP contribution in [0.5, 0.6) is 0 Å². The van der Waals surface area contributed by atoms with E-state index in [1.165, 1.54) is 11.8 Å². The Morgan fingerprint density at radius 3 is 2.28 bits per heavy atom. The fourth-order valence-electron chi connectivity index (χ4n) is 3.54. The molecule has 0 radical (unpaired) electrons. The lowest BCUT2D eigenvalue weighted by atomic mass is 10.1. The molecule has 1 N–H and O–H groups in total. The predicted octanol–water partition coefficient (Wildman–Crippen LogP) is 1.39. The number of hydrogen-bond acceptors (Lipinski definition) is 5. The first-order chi connectivity index (χ1) is 11.8. The van der Waals surface area contributed by atoms with Crippen LogP contribution in [0.25, 0.3) is 0 Å². The van der Waals surface area contributed by atoms with Crippen LogP contribution in [-0.4, -0.2) is 54.0 Å². The number of amides is 3. The lowest BCUT2D eigenvalue weighted by molar-refractivity contribution is -0.127. The number of nitrogens with zero attached hydrogens (tertiary/aromatic N) is 2. The Kier molecular flexibility index (Phi) is 4.87. The van der Waals surface area contributed by atoms with Gasteiger partial charge in [0.1, 0.15) is 0 Å². The van der Waals surface area contributed by atoms with Crippen LogP contribution >= 0.6 is 0 Å². The van der Waals surface area contributed by atoms with E-state index in [9.17, 15) is 14.4 Å². The zero-order chi connectivity index (χ0) is 18.1. The van der Waals surface area contributed by atoms with Gasteiger partial charge in [-0.25, -0.2) is 4.90 Å². The Bertz CT molecular complexity index is 678. The number of anilines is 2. The smallest absolute Gasteiger partial charge is 0.251 e. The average Bonchev–Trinajstić information content (AvgIpc) is 2.82. The van der Waals surface area contributed by atoms with E-state index >= 15 is 0 Å². The normalized spacial score (nSPS) is 27.6. The number of hydrogen-bond donors (Lipinski definition) is 1. The van der Waals surface area contributed by atoms with Gasteiger partial charge in [-0.15, -0.1) is 0 Å². The molecule has 3 rings (SSSR count). The number of ether oxygens (including phenoxy) is 1. The lowest BCUT2D eigenvalue weighted by Crippen LogP contribution is -2.52. The highest BCUT2D eigenvalue weighted by atomic mass is 16.5. The van der Waals surface area contributed by atoms with Gasteiger partial charge < -0.3 is 10.1 Å². The van der Waals surface area contributed by atoms with E-state index in [1.807, 2.05) is 18.7 Å². The summed E-state index contributed by atoms with van der Waals surface area (Å²) in [6.07, 6.45) is 0.265. The molecule has 2 heterocycles. The van der Waals surface area contributed by atoms with Crippen molar-refractivity contribution in [2.75, 3.05) is 23.3 Å². The molecule has 0 saturated carbocycles. The Balaban J connectivity index is 1.76. The monoisotopic (exact) mass is 345 g/mol. The zero-order valence-electron chi connectivity index (χ0n) is 14.7. The van der Waals surface area contributed by atoms with Crippen molar-refractivity contribution in [2.45, 2.75) is 45.4 Å². The molecule has 3 atom stereocenters. The third-order valence-electron chi connectivity index (χ3n) is 4.46. The summed E-state index contributed by atoms with van der Waals surface area (Å²) in [4.78, 5) is 39.7. The minimum absolute atomic E-state index is 0.0395. The van der Waals surface area contributed by atoms with Gasteiger partial charge in [-0.05, 0) is 38.1 Å². The Labute approximate surface area is 146 Å². The first-order valence-corrected chi connectivity index (χ1v) is 8.49. The van der Waals surface area contributed by atoms with E-state index in [1.54, 1.807) is 24.3 Å². The second kappa shape index (κ2) is 6.93. The summed E-state index contributed by atoms with van der Waals surface area (Å²) in [5.41, 5.74) is 1.16. The Morgan fingerprint density at radius 2 is 1.72 bits per heavy atom. The maximum absolute atomic E-state index is 12.8. The predicted molar refractivity (Wildman–Crippen MR) is 93.2 cm³/mol. The quantitative estimate of drug-likeness (QED) is 0.838. The third-order valence-corrected chi connectivity index (χ3v) is 4.46. The highest BCUT2D eigenvalue weighted by Crippen LogP contribution is 2.28. The van der Waals surface area contributed by atoms with Crippen molar-refractivity contribution >= 4 is 29.1 Å². The van der Waals surface area contributed by atoms with Crippen LogP contribution in [0.2, 0.25) is 0 Å². The molecule has 134 valence electrons. The number of rotatable bonds is 3. The molecular weight excluding hydrogens is 322 g/mol. The van der Waals surface area contributed by atoms with Crippen molar-refractivity contribution in [3.05, 3.63) is 24.3 Å². The number of carbonyl (C=O) groups excluding carboxylic acids is 3. The zero-order valence-corrected chi connectivity index (χ0v) is 14.7. The van der Waals surface area contributed by atoms with Crippen LogP contribution in [0, 0.1) is 0 Å². The van der Waals surface area contributed by atoms with Crippen molar-refractivity contribution in [1.29, 1.82) is 0 Å². The van der Waals surface area contributed by atoms with Crippen molar-refractivity contribution in [2.24, 2.45) is 0 Å². The molecule has 2 aliphatic heterocycles. The third kappa shape index (κ3) is 3.72. The molecule has 1 aromatic rings. The van der Waals surface area contributed by atoms with Gasteiger partial charge in [-0.3, -0.25) is 19.3 Å². The maximum atomic E-state index is 12.8. The van der Waals surface area contributed by atoms with Crippen LogP contribution in [0.15, 0.2) is 24.3 Å². The fraction of sp³-hybridized carbons (Fsp3) is 0.500. The van der Waals surface area contributed by atoms with E-state index in [4.69, 9.17) is 4.74 Å². The molecule has 0 aliphatic carbocycles. The number of carbonyl (C=O) groups is 3. The average molecular weight is 345 g/mol. The summed E-state index contributed by atoms with van der Waals surface area (Å²) in [5.74, 6) is -0.565. The summed E-state index contributed by atoms with van der Waals surface area (Å²) in [7, 11) is 0. The lowest BCUT2D eigenvalue weighted by Gasteiger charge is -2.37. The number of nitrogens with one attached hydrogen (secondary N) is 1. The second-order valence-electron chi connectivity index (χ2n) is 6.73. The van der Waals surface area contributed by atoms with Crippen LogP contribution < -0.4 is 10.2 Å². The van der Waals surface area contributed by atoms with Gasteiger partial charge in [0, 0.05) is 25.7 Å². The highest BCUT2D eigenvalue weighted by molar-refractivity contribution is 6.22. The summed E-state index contributed by atoms with van der Waals surface area (Å²) < 4.78 is 5.71. The van der Waals surface area contributed by atoms with Gasteiger partial charge >= 0.3 is 0 Å². The van der Waals surface area contributed by atoms with E-state index in [2.05, 4.69) is 5.32 Å². The van der Waals surface area contributed by atoms with Gasteiger partial charge in [0.2, 0.25) is 11.8 Å². The van der Waals surface area contributed by atoms with Crippen LogP contribution in [0.1, 0.15) is 27.2 Å². The summed E-state index contributed by atoms with van der Waals surface area (Å²) in [6.45, 7) is 6.66. The molecule has 0 spiro atoms. The van der Waals surface area contributed by atoms with Gasteiger partial charge in [-0.2, -0.15) is 0 Å². The topological polar surface area (TPSA) is 79.0 Å². The molecule has 7 heteroatoms. The van der Waals surface area contributed by atoms with Crippen molar-refractivity contribution in [1.82, 2.24) is 4.90 Å². The van der Waals surface area contributed by atoms with Crippen LogP contribution in [-0.2, 0) is 19.1 Å². The molecule has 1 aromatic carbocycles. The van der Waals surface area contributed by atoms with Gasteiger partial charge in [0.15, 0.2) is 0 Å². The highest BCUT2D eigenvalue weighted by Gasteiger charge is 2.44. The minimum Gasteiger partial charge on any atom is -0.373 e. The van der Waals surface area contributed by atoms with Crippen LogP contribution in [0.3, 0.4) is 0 Å². The van der Waals surface area contributed by atoms with E-state index in [-0.39, 0.29) is 36.4 Å². The van der Waals surface area contributed by atoms with E-state index in [0.29, 0.717) is 24.5 Å². The molecule has 7 nitrogen and oxygen atoms in total. The van der Waals surface area contributed by atoms with Crippen LogP contribution in [0.4, 0.5) is 11.4 Å². The summed E-state index contributed by atoms with van der Waals surface area (Å²) >= 11 is 0. The maximum Gasteiger partial charge on any atom is 0.251 e. The number of benzene rings is 1. The Morgan fingerprint density at radius 1 is 1.12 bits per heavy atom. The number of imide groups is 1. The Hall–Kier alpha value is -2.25. The largest absolute Gasteiger partial charge is 0.373 e. The molecule has 0 unspecified atom stereocenters. The fourth-order valence-corrected chi connectivity index (χ4v) is 3.54. The molecular formula is C18H23N3O4. The molecule has 3 amide bonds. The molecule has 0 aromatic heterocycles. The van der Waals surface area contributed by atoms with Gasteiger partial charge in [0.05, 0.1) is 30.4 Å². The molecule has 2 saturated heterocycles. The molecule has 0 bridgehead atoms. The van der Waals surface area contributed by atoms with Gasteiger partial charge in [-0.1, -0.05) is 0 Å². The van der Waals surface area contributed by atoms with E-state index < -0.39 is 6.04 Å².